The molecule has 0 spiro atoms. The van der Waals surface area contributed by atoms with Gasteiger partial charge >= 0.3 is 5.97 Å². The monoisotopic (exact) mass is 646 g/mol. The number of furan rings is 1. The van der Waals surface area contributed by atoms with Crippen LogP contribution in [0.2, 0.25) is 0 Å². The van der Waals surface area contributed by atoms with Crippen LogP contribution in [0.3, 0.4) is 0 Å². The van der Waals surface area contributed by atoms with E-state index in [2.05, 4.69) is 25.2 Å². The summed E-state index contributed by atoms with van der Waals surface area (Å²) >= 11 is 0. The van der Waals surface area contributed by atoms with Crippen molar-refractivity contribution in [3.05, 3.63) is 107 Å². The minimum atomic E-state index is -1.46. The van der Waals surface area contributed by atoms with E-state index >= 15 is 0 Å². The number of carbonyl (C=O) groups is 2. The van der Waals surface area contributed by atoms with Crippen molar-refractivity contribution < 1.29 is 23.8 Å². The number of nitrogens with two attached hydrogens (primary N) is 1. The number of aliphatic hydroxyl groups excluding tert-OH is 1. The van der Waals surface area contributed by atoms with Crippen LogP contribution in [0.25, 0.3) is 11.8 Å². The summed E-state index contributed by atoms with van der Waals surface area (Å²) in [5.41, 5.74) is 9.71. The number of carbonyl (C=O) groups excluding carboxylic acids is 2. The number of aliphatic hydroxyl groups is 1. The van der Waals surface area contributed by atoms with Gasteiger partial charge in [-0.15, -0.1) is 0 Å². The Morgan fingerprint density at radius 2 is 1.94 bits per heavy atom. The van der Waals surface area contributed by atoms with Crippen LogP contribution in [0.15, 0.2) is 89.2 Å². The quantitative estimate of drug-likeness (QED) is 0.170. The molecule has 0 saturated heterocycles. The zero-order chi connectivity index (χ0) is 33.3. The number of hydrogen-bond donors (Lipinski definition) is 3. The summed E-state index contributed by atoms with van der Waals surface area (Å²) in [7, 11) is 0. The van der Waals surface area contributed by atoms with Crippen LogP contribution in [-0.2, 0) is 22.5 Å². The molecule has 248 valence electrons. The van der Waals surface area contributed by atoms with Crippen LogP contribution < -0.4 is 11.1 Å². The molecule has 0 bridgehead atoms. The van der Waals surface area contributed by atoms with Gasteiger partial charge in [-0.1, -0.05) is 55.8 Å². The minimum absolute atomic E-state index is 0.0107. The van der Waals surface area contributed by atoms with Crippen molar-refractivity contribution in [3.63, 3.8) is 0 Å². The van der Waals surface area contributed by atoms with E-state index in [-0.39, 0.29) is 34.8 Å². The highest BCUT2D eigenvalue weighted by Crippen LogP contribution is 2.68. The Hall–Kier alpha value is -4.63. The van der Waals surface area contributed by atoms with Crippen molar-refractivity contribution in [2.24, 2.45) is 28.6 Å². The van der Waals surface area contributed by atoms with Gasteiger partial charge in [0.2, 0.25) is 5.76 Å². The van der Waals surface area contributed by atoms with E-state index in [0.717, 1.165) is 48.2 Å². The molecule has 0 aliphatic heterocycles. The number of esters is 1. The highest BCUT2D eigenvalue weighted by atomic mass is 16.6. The van der Waals surface area contributed by atoms with E-state index in [9.17, 15) is 14.7 Å². The van der Waals surface area contributed by atoms with Crippen molar-refractivity contribution in [1.29, 1.82) is 0 Å². The number of fused-ring (bicyclic) bond motifs is 6. The number of nitrogens with one attached hydrogen (secondary N) is 1. The summed E-state index contributed by atoms with van der Waals surface area (Å²) < 4.78 is 13.7. The lowest BCUT2D eigenvalue weighted by Gasteiger charge is -2.60. The SMILES string of the molecule is C[C@]12Cc3cnn(-c4cccc(N)c4)c3C=C1CCC1C2[C@@H](O)C[C@@]2(C)C1CC[C@]2(OC(=O)c1ccco1)C(=O)NCc1ccccc1. The van der Waals surface area contributed by atoms with Gasteiger partial charge in [0.05, 0.1) is 29.9 Å². The number of aromatic nitrogens is 2. The predicted molar refractivity (Wildman–Crippen MR) is 181 cm³/mol. The molecule has 4 aromatic rings. The third kappa shape index (κ3) is 4.58. The highest BCUT2D eigenvalue weighted by molar-refractivity contribution is 5.93. The summed E-state index contributed by atoms with van der Waals surface area (Å²) in [6.07, 6.45) is 8.97. The van der Waals surface area contributed by atoms with Gasteiger partial charge in [-0.05, 0) is 109 Å². The lowest BCUT2D eigenvalue weighted by atomic mass is 9.45. The standard InChI is InChI=1S/C39H42N4O5/c1-37-20-25-23-42-43(28-11-6-10-27(40)19-28)31(25)18-26(37)13-14-29-30-15-16-39(38(30,2)21-32(44)34(29)37,48-35(45)33-12-7-17-47-33)36(46)41-22-24-8-4-3-5-9-24/h3-12,17-19,23,29-30,32,34,44H,13-16,20-22,40H2,1-2H3,(H,41,46)/t29?,30?,32-,34?,37-,38-,39-/m0/s1. The molecule has 2 aromatic carbocycles. The summed E-state index contributed by atoms with van der Waals surface area (Å²) in [4.78, 5) is 27.9. The second-order valence-corrected chi connectivity index (χ2v) is 14.8. The van der Waals surface area contributed by atoms with Crippen molar-refractivity contribution in [1.82, 2.24) is 15.1 Å². The molecule has 4 aliphatic carbocycles. The average molecular weight is 647 g/mol. The fourth-order valence-electron chi connectivity index (χ4n) is 10.1. The molecule has 48 heavy (non-hydrogen) atoms. The molecular formula is C39H42N4O5. The molecule has 8 rings (SSSR count). The van der Waals surface area contributed by atoms with Crippen molar-refractivity contribution in [2.45, 2.75) is 70.6 Å². The molecule has 2 heterocycles. The number of nitrogen functional groups attached to an aromatic ring is 1. The molecule has 9 nitrogen and oxygen atoms in total. The molecule has 4 N–H and O–H groups in total. The van der Waals surface area contributed by atoms with Gasteiger partial charge in [-0.3, -0.25) is 4.79 Å². The first-order chi connectivity index (χ1) is 23.1. The number of amides is 1. The second-order valence-electron chi connectivity index (χ2n) is 14.8. The van der Waals surface area contributed by atoms with Gasteiger partial charge in [0, 0.05) is 17.6 Å². The molecule has 3 unspecified atom stereocenters. The maximum Gasteiger partial charge on any atom is 0.375 e. The molecule has 1 amide bonds. The topological polar surface area (TPSA) is 133 Å². The van der Waals surface area contributed by atoms with Crippen molar-refractivity contribution in [2.75, 3.05) is 5.73 Å². The van der Waals surface area contributed by atoms with Crippen LogP contribution >= 0.6 is 0 Å². The smallest absolute Gasteiger partial charge is 0.375 e. The molecule has 3 fully saturated rings. The second kappa shape index (κ2) is 11.2. The average Bonchev–Trinajstić information content (AvgIpc) is 3.81. The Labute approximate surface area is 280 Å². The first-order valence-electron chi connectivity index (χ1n) is 17.0. The Kier molecular flexibility index (Phi) is 7.18. The van der Waals surface area contributed by atoms with Crippen LogP contribution in [0.4, 0.5) is 5.69 Å². The van der Waals surface area contributed by atoms with Crippen molar-refractivity contribution in [3.8, 4) is 5.69 Å². The van der Waals surface area contributed by atoms with Gasteiger partial charge in [-0.25, -0.2) is 9.48 Å². The fraction of sp³-hybridized carbons (Fsp3) is 0.410. The third-order valence-electron chi connectivity index (χ3n) is 12.3. The highest BCUT2D eigenvalue weighted by Gasteiger charge is 2.71. The fourth-order valence-corrected chi connectivity index (χ4v) is 10.1. The minimum Gasteiger partial charge on any atom is -0.457 e. The van der Waals surface area contributed by atoms with E-state index in [4.69, 9.17) is 20.0 Å². The van der Waals surface area contributed by atoms with E-state index in [1.807, 2.05) is 65.5 Å². The molecule has 9 heteroatoms. The number of ether oxygens (including phenoxy) is 1. The Morgan fingerprint density at radius 3 is 2.71 bits per heavy atom. The summed E-state index contributed by atoms with van der Waals surface area (Å²) in [5, 5.41) is 20.1. The lowest BCUT2D eigenvalue weighted by molar-refractivity contribution is -0.182. The summed E-state index contributed by atoms with van der Waals surface area (Å²) in [6.45, 7) is 4.67. The normalized spacial score (nSPS) is 31.9. The number of hydrogen-bond acceptors (Lipinski definition) is 7. The Morgan fingerprint density at radius 1 is 1.10 bits per heavy atom. The lowest BCUT2D eigenvalue weighted by Crippen LogP contribution is -2.64. The number of anilines is 1. The maximum atomic E-state index is 14.4. The van der Waals surface area contributed by atoms with Gasteiger partial charge in [0.1, 0.15) is 0 Å². The maximum absolute atomic E-state index is 14.4. The van der Waals surface area contributed by atoms with E-state index in [1.165, 1.54) is 11.8 Å². The van der Waals surface area contributed by atoms with E-state index in [0.29, 0.717) is 25.1 Å². The molecule has 7 atom stereocenters. The number of rotatable bonds is 6. The van der Waals surface area contributed by atoms with Gasteiger partial charge in [0.25, 0.3) is 5.91 Å². The van der Waals surface area contributed by atoms with Crippen LogP contribution in [0, 0.1) is 28.6 Å². The third-order valence-corrected chi connectivity index (χ3v) is 12.3. The predicted octanol–water partition coefficient (Wildman–Crippen LogP) is 6.11. The molecule has 4 aliphatic rings. The Balaban J connectivity index is 1.12. The number of benzene rings is 2. The molecular weight excluding hydrogens is 604 g/mol. The van der Waals surface area contributed by atoms with Crippen LogP contribution in [0.1, 0.15) is 73.3 Å². The van der Waals surface area contributed by atoms with E-state index in [1.54, 1.807) is 12.1 Å². The Bertz CT molecular complexity index is 1900. The zero-order valence-corrected chi connectivity index (χ0v) is 27.4. The first kappa shape index (κ1) is 30.7. The van der Waals surface area contributed by atoms with Crippen LogP contribution in [-0.4, -0.2) is 38.5 Å². The molecule has 0 radical (unpaired) electrons. The zero-order valence-electron chi connectivity index (χ0n) is 27.4. The summed E-state index contributed by atoms with van der Waals surface area (Å²) in [6, 6.07) is 20.7. The van der Waals surface area contributed by atoms with Crippen molar-refractivity contribution >= 4 is 23.6 Å². The first-order valence-corrected chi connectivity index (χ1v) is 17.0. The van der Waals surface area contributed by atoms with Gasteiger partial charge in [0.15, 0.2) is 5.60 Å². The molecule has 3 saturated carbocycles. The largest absolute Gasteiger partial charge is 0.457 e. The summed E-state index contributed by atoms with van der Waals surface area (Å²) in [5.74, 6) is -0.705. The molecule has 2 aromatic heterocycles. The number of allylic oxidation sites excluding steroid dienone is 1. The number of nitrogens with zero attached hydrogens (tertiary/aromatic N) is 2. The van der Waals surface area contributed by atoms with Gasteiger partial charge < -0.3 is 25.3 Å². The van der Waals surface area contributed by atoms with Gasteiger partial charge in [-0.2, -0.15) is 5.10 Å². The van der Waals surface area contributed by atoms with E-state index < -0.39 is 23.1 Å². The van der Waals surface area contributed by atoms with Crippen LogP contribution in [0.5, 0.6) is 0 Å².